The number of piperidine rings is 1. The molecule has 2 heterocycles. The fourth-order valence-corrected chi connectivity index (χ4v) is 4.60. The van der Waals surface area contributed by atoms with Crippen molar-refractivity contribution in [2.24, 2.45) is 0 Å². The van der Waals surface area contributed by atoms with Gasteiger partial charge in [0, 0.05) is 0 Å². The third-order valence-corrected chi connectivity index (χ3v) is 6.21. The molecule has 7 nitrogen and oxygen atoms in total. The van der Waals surface area contributed by atoms with Gasteiger partial charge in [-0.2, -0.15) is 31.4 Å². The van der Waals surface area contributed by atoms with Crippen LogP contribution in [0.1, 0.15) is 53.1 Å². The molecular formula is C24H24F6N4O3. The first-order chi connectivity index (χ1) is 17.5. The zero-order chi connectivity index (χ0) is 26.8. The molecule has 1 aliphatic rings. The van der Waals surface area contributed by atoms with Crippen molar-refractivity contribution in [2.45, 2.75) is 50.0 Å². The van der Waals surface area contributed by atoms with Gasteiger partial charge in [0.1, 0.15) is 11.9 Å². The van der Waals surface area contributed by atoms with Crippen LogP contribution in [0.15, 0.2) is 53.3 Å². The van der Waals surface area contributed by atoms with Gasteiger partial charge in [0.15, 0.2) is 0 Å². The van der Waals surface area contributed by atoms with Gasteiger partial charge in [-0.05, 0) is 48.7 Å². The van der Waals surface area contributed by atoms with Crippen LogP contribution in [-0.4, -0.2) is 44.4 Å². The summed E-state index contributed by atoms with van der Waals surface area (Å²) in [5, 5.41) is 16.2. The van der Waals surface area contributed by atoms with Gasteiger partial charge >= 0.3 is 18.0 Å². The van der Waals surface area contributed by atoms with Crippen molar-refractivity contribution in [2.75, 3.05) is 13.2 Å². The lowest BCUT2D eigenvalue weighted by molar-refractivity contribution is -0.143. The average molecular weight is 530 g/mol. The fraction of sp³-hybridized carbons (Fsp3) is 0.417. The molecule has 1 fully saturated rings. The Labute approximate surface area is 207 Å². The molecule has 2 aromatic carbocycles. The minimum Gasteiger partial charge on any atom is -0.393 e. The van der Waals surface area contributed by atoms with Crippen LogP contribution in [0, 0.1) is 0 Å². The molecule has 1 aliphatic heterocycles. The van der Waals surface area contributed by atoms with Crippen molar-refractivity contribution < 1.29 is 36.2 Å². The predicted molar refractivity (Wildman–Crippen MR) is 119 cm³/mol. The molecule has 0 saturated carbocycles. The fourth-order valence-electron chi connectivity index (χ4n) is 4.60. The lowest BCUT2D eigenvalue weighted by atomic mass is 9.91. The van der Waals surface area contributed by atoms with Gasteiger partial charge in [-0.25, -0.2) is 9.89 Å². The van der Waals surface area contributed by atoms with Gasteiger partial charge in [-0.1, -0.05) is 30.3 Å². The highest BCUT2D eigenvalue weighted by Gasteiger charge is 2.39. The van der Waals surface area contributed by atoms with E-state index in [-0.39, 0.29) is 12.6 Å². The molecule has 0 spiro atoms. The first-order valence-corrected chi connectivity index (χ1v) is 11.4. The monoisotopic (exact) mass is 530 g/mol. The Morgan fingerprint density at radius 2 is 1.70 bits per heavy atom. The highest BCUT2D eigenvalue weighted by Crippen LogP contribution is 2.40. The second kappa shape index (κ2) is 10.7. The van der Waals surface area contributed by atoms with E-state index < -0.39 is 59.6 Å². The number of rotatable bonds is 7. The van der Waals surface area contributed by atoms with Gasteiger partial charge in [0.25, 0.3) is 0 Å². The van der Waals surface area contributed by atoms with Crippen molar-refractivity contribution in [1.29, 1.82) is 0 Å². The summed E-state index contributed by atoms with van der Waals surface area (Å²) in [6, 6.07) is 9.75. The maximum atomic E-state index is 13.4. The molecule has 3 aromatic rings. The van der Waals surface area contributed by atoms with Crippen LogP contribution < -0.4 is 5.69 Å². The van der Waals surface area contributed by atoms with Gasteiger partial charge in [-0.3, -0.25) is 9.88 Å². The minimum absolute atomic E-state index is 0.0394. The normalized spacial score (nSPS) is 20.2. The van der Waals surface area contributed by atoms with Crippen molar-refractivity contribution in [3.05, 3.63) is 87.1 Å². The molecule has 3 atom stereocenters. The highest BCUT2D eigenvalue weighted by molar-refractivity contribution is 5.35. The molecule has 4 rings (SSSR count). The van der Waals surface area contributed by atoms with Gasteiger partial charge in [-0.15, -0.1) is 0 Å². The largest absolute Gasteiger partial charge is 0.416 e. The van der Waals surface area contributed by atoms with Crippen molar-refractivity contribution >= 4 is 0 Å². The van der Waals surface area contributed by atoms with E-state index >= 15 is 0 Å². The lowest BCUT2D eigenvalue weighted by Crippen LogP contribution is -2.43. The van der Waals surface area contributed by atoms with E-state index in [1.54, 1.807) is 18.2 Å². The van der Waals surface area contributed by atoms with Crippen LogP contribution in [0.3, 0.4) is 0 Å². The minimum atomic E-state index is -5.02. The number of alkyl halides is 6. The standard InChI is InChI=1S/C24H24F6N4O3/c25-23(26,27)16-9-15(10-17(11-16)24(28,29)30)19(13-35)37-18-7-4-8-34(12-20-31-22(36)33-32-20)21(18)14-5-2-1-3-6-14/h1-3,5-6,9-11,18-19,21,35H,4,7-8,12-13H2,(H2,31,32,33,36)/t18-,19?,21-/m0/s1. The second-order valence-electron chi connectivity index (χ2n) is 8.78. The van der Waals surface area contributed by atoms with Crippen LogP contribution in [-0.2, 0) is 23.6 Å². The summed E-state index contributed by atoms with van der Waals surface area (Å²) in [4.78, 5) is 16.0. The van der Waals surface area contributed by atoms with E-state index in [0.29, 0.717) is 37.3 Å². The number of aromatic nitrogens is 3. The number of ether oxygens (including phenoxy) is 1. The van der Waals surface area contributed by atoms with Crippen molar-refractivity contribution in [3.63, 3.8) is 0 Å². The summed E-state index contributed by atoms with van der Waals surface area (Å²) in [5.41, 5.74) is -3.08. The SMILES string of the molecule is O=c1[nH]nc(CN2CCC[C@H](OC(CO)c3cc(C(F)(F)F)cc(C(F)(F)F)c3)[C@@H]2c2ccccc2)[nH]1. The molecule has 0 radical (unpaired) electrons. The summed E-state index contributed by atoms with van der Waals surface area (Å²) in [6.07, 6.45) is -11.1. The Balaban J connectivity index is 1.68. The number of halogens is 6. The summed E-state index contributed by atoms with van der Waals surface area (Å²) in [7, 11) is 0. The highest BCUT2D eigenvalue weighted by atomic mass is 19.4. The third-order valence-electron chi connectivity index (χ3n) is 6.21. The average Bonchev–Trinajstić information content (AvgIpc) is 3.26. The number of H-pyrrole nitrogens is 2. The summed E-state index contributed by atoms with van der Waals surface area (Å²) >= 11 is 0. The number of nitrogens with one attached hydrogen (secondary N) is 2. The molecule has 37 heavy (non-hydrogen) atoms. The number of nitrogens with zero attached hydrogens (tertiary/aromatic N) is 2. The van der Waals surface area contributed by atoms with Gasteiger partial charge in [0.2, 0.25) is 0 Å². The Kier molecular flexibility index (Phi) is 7.76. The summed E-state index contributed by atoms with van der Waals surface area (Å²) in [6.45, 7) is -0.0487. The number of aliphatic hydroxyl groups excluding tert-OH is 1. The zero-order valence-electron chi connectivity index (χ0n) is 19.3. The third kappa shape index (κ3) is 6.40. The van der Waals surface area contributed by atoms with Crippen LogP contribution in [0.2, 0.25) is 0 Å². The molecular weight excluding hydrogens is 506 g/mol. The first kappa shape index (κ1) is 26.9. The number of hydrogen-bond donors (Lipinski definition) is 3. The Morgan fingerprint density at radius 1 is 1.05 bits per heavy atom. The molecule has 3 N–H and O–H groups in total. The first-order valence-electron chi connectivity index (χ1n) is 11.4. The number of likely N-dealkylation sites (tertiary alicyclic amines) is 1. The van der Waals surface area contributed by atoms with E-state index in [1.807, 2.05) is 17.0 Å². The maximum absolute atomic E-state index is 13.4. The van der Waals surface area contributed by atoms with Crippen molar-refractivity contribution in [3.8, 4) is 0 Å². The zero-order valence-corrected chi connectivity index (χ0v) is 19.3. The van der Waals surface area contributed by atoms with E-state index in [4.69, 9.17) is 4.74 Å². The Bertz CT molecular complexity index is 1210. The molecule has 0 amide bonds. The van der Waals surface area contributed by atoms with E-state index in [9.17, 15) is 36.2 Å². The summed E-state index contributed by atoms with van der Waals surface area (Å²) in [5.74, 6) is 0.359. The molecule has 1 unspecified atom stereocenters. The molecule has 1 saturated heterocycles. The van der Waals surface area contributed by atoms with Crippen LogP contribution >= 0.6 is 0 Å². The summed E-state index contributed by atoms with van der Waals surface area (Å²) < 4.78 is 86.4. The molecule has 200 valence electrons. The molecule has 13 heteroatoms. The van der Waals surface area contributed by atoms with E-state index in [0.717, 1.165) is 5.56 Å². The van der Waals surface area contributed by atoms with Crippen LogP contribution in [0.4, 0.5) is 26.3 Å². The molecule has 1 aromatic heterocycles. The van der Waals surface area contributed by atoms with Crippen LogP contribution in [0.5, 0.6) is 0 Å². The smallest absolute Gasteiger partial charge is 0.393 e. The number of benzene rings is 2. The maximum Gasteiger partial charge on any atom is 0.416 e. The van der Waals surface area contributed by atoms with Crippen molar-refractivity contribution in [1.82, 2.24) is 20.1 Å². The Hall–Kier alpha value is -3.16. The quantitative estimate of drug-likeness (QED) is 0.389. The number of hydrogen-bond acceptors (Lipinski definition) is 5. The predicted octanol–water partition coefficient (Wildman–Crippen LogP) is 4.59. The number of aliphatic hydroxyl groups is 1. The van der Waals surface area contributed by atoms with Crippen LogP contribution in [0.25, 0.3) is 0 Å². The number of aromatic amines is 2. The van der Waals surface area contributed by atoms with Gasteiger partial charge in [0.05, 0.1) is 36.4 Å². The lowest BCUT2D eigenvalue weighted by Gasteiger charge is -2.42. The topological polar surface area (TPSA) is 94.2 Å². The van der Waals surface area contributed by atoms with E-state index in [1.165, 1.54) is 0 Å². The Morgan fingerprint density at radius 3 is 2.24 bits per heavy atom. The molecule has 0 aliphatic carbocycles. The second-order valence-corrected chi connectivity index (χ2v) is 8.78. The van der Waals surface area contributed by atoms with E-state index in [2.05, 4.69) is 15.2 Å². The molecule has 0 bridgehead atoms. The van der Waals surface area contributed by atoms with Gasteiger partial charge < -0.3 is 9.84 Å².